The molecular formula is C9H21NO. The lowest BCUT2D eigenvalue weighted by atomic mass is 10.1. The van der Waals surface area contributed by atoms with Crippen LogP contribution in [0.1, 0.15) is 34.6 Å². The zero-order chi connectivity index (χ0) is 8.91. The van der Waals surface area contributed by atoms with Gasteiger partial charge in [0.05, 0.1) is 13.3 Å². The van der Waals surface area contributed by atoms with Crippen molar-refractivity contribution in [3.05, 3.63) is 0 Å². The molecule has 1 N–H and O–H groups in total. The molecule has 2 nitrogen and oxygen atoms in total. The third kappa shape index (κ3) is 9.92. The molecule has 0 aliphatic rings. The summed E-state index contributed by atoms with van der Waals surface area (Å²) in [5, 5.41) is 3.26. The van der Waals surface area contributed by atoms with E-state index in [4.69, 9.17) is 4.74 Å². The molecule has 0 aromatic rings. The monoisotopic (exact) mass is 159 g/mol. The van der Waals surface area contributed by atoms with E-state index in [9.17, 15) is 0 Å². The molecule has 0 amide bonds. The number of rotatable bonds is 4. The van der Waals surface area contributed by atoms with E-state index in [2.05, 4.69) is 39.9 Å². The first kappa shape index (κ1) is 10.9. The molecule has 0 heterocycles. The summed E-state index contributed by atoms with van der Waals surface area (Å²) in [7, 11) is 0. The van der Waals surface area contributed by atoms with Crippen LogP contribution in [0.25, 0.3) is 0 Å². The van der Waals surface area contributed by atoms with Gasteiger partial charge in [0, 0.05) is 5.54 Å². The van der Waals surface area contributed by atoms with Crippen LogP contribution < -0.4 is 5.32 Å². The smallest absolute Gasteiger partial charge is 0.0969 e. The van der Waals surface area contributed by atoms with Gasteiger partial charge < -0.3 is 4.74 Å². The van der Waals surface area contributed by atoms with Crippen LogP contribution in [0.3, 0.4) is 0 Å². The Labute approximate surface area is 70.3 Å². The van der Waals surface area contributed by atoms with Gasteiger partial charge >= 0.3 is 0 Å². The Morgan fingerprint density at radius 1 is 1.27 bits per heavy atom. The Bertz CT molecular complexity index is 94.2. The van der Waals surface area contributed by atoms with Gasteiger partial charge in [0.2, 0.25) is 0 Å². The lowest BCUT2D eigenvalue weighted by Gasteiger charge is -2.20. The molecule has 0 rings (SSSR count). The molecular weight excluding hydrogens is 138 g/mol. The van der Waals surface area contributed by atoms with Crippen molar-refractivity contribution >= 4 is 0 Å². The third-order valence-corrected chi connectivity index (χ3v) is 1.16. The molecule has 0 fully saturated rings. The van der Waals surface area contributed by atoms with Gasteiger partial charge in [-0.1, -0.05) is 13.8 Å². The van der Waals surface area contributed by atoms with Crippen LogP contribution in [0.2, 0.25) is 0 Å². The highest BCUT2D eigenvalue weighted by atomic mass is 16.5. The van der Waals surface area contributed by atoms with E-state index >= 15 is 0 Å². The molecule has 0 radical (unpaired) electrons. The van der Waals surface area contributed by atoms with Crippen LogP contribution in [0.15, 0.2) is 0 Å². The fourth-order valence-electron chi connectivity index (χ4n) is 0.562. The summed E-state index contributed by atoms with van der Waals surface area (Å²) >= 11 is 0. The molecule has 68 valence electrons. The Hall–Kier alpha value is -0.0800. The van der Waals surface area contributed by atoms with Gasteiger partial charge in [-0.05, 0) is 26.7 Å². The van der Waals surface area contributed by atoms with Crippen molar-refractivity contribution in [2.24, 2.45) is 5.92 Å². The molecule has 0 aromatic heterocycles. The minimum atomic E-state index is 0.164. The second-order valence-electron chi connectivity index (χ2n) is 4.34. The first-order valence-corrected chi connectivity index (χ1v) is 4.24. The molecule has 0 aromatic carbocycles. The van der Waals surface area contributed by atoms with Crippen LogP contribution in [0.4, 0.5) is 0 Å². The van der Waals surface area contributed by atoms with Crippen LogP contribution in [0, 0.1) is 5.92 Å². The highest BCUT2D eigenvalue weighted by Gasteiger charge is 2.07. The maximum Gasteiger partial charge on any atom is 0.0969 e. The number of nitrogens with one attached hydrogen (secondary N) is 1. The van der Waals surface area contributed by atoms with E-state index < -0.39 is 0 Å². The van der Waals surface area contributed by atoms with E-state index in [0.717, 1.165) is 6.61 Å². The Morgan fingerprint density at radius 3 is 2.18 bits per heavy atom. The van der Waals surface area contributed by atoms with E-state index in [1.54, 1.807) is 0 Å². The van der Waals surface area contributed by atoms with E-state index in [-0.39, 0.29) is 5.54 Å². The first-order valence-electron chi connectivity index (χ1n) is 4.24. The normalized spacial score (nSPS) is 12.5. The lowest BCUT2D eigenvalue weighted by Crippen LogP contribution is -2.37. The van der Waals surface area contributed by atoms with Crippen molar-refractivity contribution in [3.8, 4) is 0 Å². The zero-order valence-electron chi connectivity index (χ0n) is 8.40. The largest absolute Gasteiger partial charge is 0.366 e. The summed E-state index contributed by atoms with van der Waals surface area (Å²) in [6, 6.07) is 0. The van der Waals surface area contributed by atoms with Crippen LogP contribution in [-0.2, 0) is 4.74 Å². The van der Waals surface area contributed by atoms with Crippen molar-refractivity contribution in [1.29, 1.82) is 0 Å². The van der Waals surface area contributed by atoms with E-state index in [1.807, 2.05) is 0 Å². The highest BCUT2D eigenvalue weighted by Crippen LogP contribution is 1.98. The van der Waals surface area contributed by atoms with Crippen molar-refractivity contribution in [2.45, 2.75) is 40.2 Å². The van der Waals surface area contributed by atoms with E-state index in [1.165, 1.54) is 0 Å². The average Bonchev–Trinajstić information content (AvgIpc) is 1.78. The second-order valence-corrected chi connectivity index (χ2v) is 4.34. The van der Waals surface area contributed by atoms with Gasteiger partial charge in [-0.25, -0.2) is 0 Å². The summed E-state index contributed by atoms with van der Waals surface area (Å²) in [6.07, 6.45) is 0. The summed E-state index contributed by atoms with van der Waals surface area (Å²) < 4.78 is 5.36. The lowest BCUT2D eigenvalue weighted by molar-refractivity contribution is 0.0793. The van der Waals surface area contributed by atoms with Crippen LogP contribution >= 0.6 is 0 Å². The SMILES string of the molecule is CC(C)COCNC(C)(C)C. The zero-order valence-corrected chi connectivity index (χ0v) is 8.40. The molecule has 0 bridgehead atoms. The Kier molecular flexibility index (Phi) is 4.69. The number of ether oxygens (including phenoxy) is 1. The molecule has 0 saturated carbocycles. The molecule has 0 atom stereocenters. The molecule has 0 saturated heterocycles. The van der Waals surface area contributed by atoms with Crippen LogP contribution in [-0.4, -0.2) is 18.9 Å². The molecule has 0 unspecified atom stereocenters. The second kappa shape index (κ2) is 4.73. The average molecular weight is 159 g/mol. The van der Waals surface area contributed by atoms with Crippen molar-refractivity contribution in [3.63, 3.8) is 0 Å². The fourth-order valence-corrected chi connectivity index (χ4v) is 0.562. The molecule has 2 heteroatoms. The Morgan fingerprint density at radius 2 is 1.82 bits per heavy atom. The summed E-state index contributed by atoms with van der Waals surface area (Å²) in [5.74, 6) is 0.622. The van der Waals surface area contributed by atoms with E-state index in [0.29, 0.717) is 12.6 Å². The minimum Gasteiger partial charge on any atom is -0.366 e. The van der Waals surface area contributed by atoms with Crippen molar-refractivity contribution in [2.75, 3.05) is 13.3 Å². The van der Waals surface area contributed by atoms with Gasteiger partial charge in [0.15, 0.2) is 0 Å². The quantitative estimate of drug-likeness (QED) is 0.500. The van der Waals surface area contributed by atoms with Gasteiger partial charge in [0.25, 0.3) is 0 Å². The number of hydrogen-bond acceptors (Lipinski definition) is 2. The Balaban J connectivity index is 3.15. The fraction of sp³-hybridized carbons (Fsp3) is 1.00. The van der Waals surface area contributed by atoms with Crippen LogP contribution in [0.5, 0.6) is 0 Å². The summed E-state index contributed by atoms with van der Waals surface area (Å²) in [5.41, 5.74) is 0.164. The van der Waals surface area contributed by atoms with Gasteiger partial charge in [-0.15, -0.1) is 0 Å². The minimum absolute atomic E-state index is 0.164. The third-order valence-electron chi connectivity index (χ3n) is 1.16. The maximum atomic E-state index is 5.36. The standard InChI is InChI=1S/C9H21NO/c1-8(2)6-11-7-10-9(3,4)5/h8,10H,6-7H2,1-5H3. The summed E-state index contributed by atoms with van der Waals surface area (Å²) in [4.78, 5) is 0. The highest BCUT2D eigenvalue weighted by molar-refractivity contribution is 4.67. The molecule has 0 spiro atoms. The molecule has 0 aliphatic heterocycles. The predicted octanol–water partition coefficient (Wildman–Crippen LogP) is 2.00. The predicted molar refractivity (Wildman–Crippen MR) is 48.5 cm³/mol. The van der Waals surface area contributed by atoms with Gasteiger partial charge in [-0.2, -0.15) is 0 Å². The topological polar surface area (TPSA) is 21.3 Å². The van der Waals surface area contributed by atoms with Crippen molar-refractivity contribution in [1.82, 2.24) is 5.32 Å². The number of hydrogen-bond donors (Lipinski definition) is 1. The first-order chi connectivity index (χ1) is 4.92. The van der Waals surface area contributed by atoms with Gasteiger partial charge in [0.1, 0.15) is 0 Å². The van der Waals surface area contributed by atoms with Gasteiger partial charge in [-0.3, -0.25) is 5.32 Å². The molecule has 0 aliphatic carbocycles. The summed E-state index contributed by atoms with van der Waals surface area (Å²) in [6.45, 7) is 12.2. The van der Waals surface area contributed by atoms with Crippen molar-refractivity contribution < 1.29 is 4.74 Å². The maximum absolute atomic E-state index is 5.36. The molecule has 11 heavy (non-hydrogen) atoms.